The van der Waals surface area contributed by atoms with Crippen LogP contribution >= 0.6 is 15.9 Å². The molecule has 1 N–H and O–H groups in total. The number of nitrogens with zero attached hydrogens (tertiary/aromatic N) is 6. The number of halogens is 3. The summed E-state index contributed by atoms with van der Waals surface area (Å²) < 4.78 is 38.3. The Morgan fingerprint density at radius 1 is 0.500 bits per heavy atom. The van der Waals surface area contributed by atoms with Crippen molar-refractivity contribution in [2.75, 3.05) is 57.3 Å². The number of rotatable bonds is 12. The molecule has 2 fully saturated rings. The zero-order valence-corrected chi connectivity index (χ0v) is 37.0. The van der Waals surface area contributed by atoms with E-state index in [4.69, 9.17) is 14.4 Å². The van der Waals surface area contributed by atoms with Crippen molar-refractivity contribution in [3.63, 3.8) is 0 Å². The maximum absolute atomic E-state index is 15.9. The van der Waals surface area contributed by atoms with Crippen LogP contribution in [-0.2, 0) is 19.6 Å². The highest BCUT2D eigenvalue weighted by Crippen LogP contribution is 2.38. The molecule has 0 atom stereocenters. The van der Waals surface area contributed by atoms with Crippen molar-refractivity contribution in [3.8, 4) is 56.2 Å². The van der Waals surface area contributed by atoms with E-state index >= 15 is 4.39 Å². The summed E-state index contributed by atoms with van der Waals surface area (Å²) in [7, 11) is 0. The number of hydrogen-bond donors (Lipinski definition) is 1. The summed E-state index contributed by atoms with van der Waals surface area (Å²) in [5.74, 6) is 1.36. The molecule has 2 saturated heterocycles. The van der Waals surface area contributed by atoms with Crippen LogP contribution in [0.4, 0.5) is 14.5 Å². The van der Waals surface area contributed by atoms with Gasteiger partial charge in [-0.15, -0.1) is 0 Å². The molecule has 8 nitrogen and oxygen atoms in total. The van der Waals surface area contributed by atoms with E-state index in [1.807, 2.05) is 60.7 Å². The largest absolute Gasteiger partial charge is 0.439 e. The van der Waals surface area contributed by atoms with Crippen molar-refractivity contribution in [1.29, 1.82) is 0 Å². The van der Waals surface area contributed by atoms with Gasteiger partial charge >= 0.3 is 0 Å². The Morgan fingerprint density at radius 3 is 1.81 bits per heavy atom. The van der Waals surface area contributed by atoms with Crippen molar-refractivity contribution in [2.24, 2.45) is 0 Å². The molecule has 6 aromatic carbocycles. The van der Waals surface area contributed by atoms with Gasteiger partial charge in [0.05, 0.1) is 24.5 Å². The molecular weight excluding hydrogens is 869 g/mol. The van der Waals surface area contributed by atoms with Gasteiger partial charge in [-0.1, -0.05) is 107 Å². The fraction of sp³-hybridized carbons (Fsp3) is 0.208. The van der Waals surface area contributed by atoms with Gasteiger partial charge in [-0.05, 0) is 77.4 Å². The van der Waals surface area contributed by atoms with Gasteiger partial charge in [0, 0.05) is 91.3 Å². The molecule has 4 heterocycles. The van der Waals surface area contributed by atoms with Crippen LogP contribution in [-0.4, -0.2) is 82.0 Å². The molecule has 0 aliphatic carbocycles. The van der Waals surface area contributed by atoms with Crippen LogP contribution in [0.15, 0.2) is 161 Å². The van der Waals surface area contributed by atoms with Gasteiger partial charge < -0.3 is 14.3 Å². The molecule has 322 valence electrons. The molecule has 0 radical (unpaired) electrons. The quantitative estimate of drug-likeness (QED) is 0.131. The van der Waals surface area contributed by atoms with Crippen LogP contribution < -0.4 is 4.90 Å². The van der Waals surface area contributed by atoms with Gasteiger partial charge in [-0.25, -0.2) is 18.7 Å². The Hall–Kier alpha value is -6.24. The van der Waals surface area contributed by atoms with Crippen LogP contribution in [0, 0.1) is 11.6 Å². The Kier molecular flexibility index (Phi) is 12.3. The monoisotopic (exact) mass is 915 g/mol. The van der Waals surface area contributed by atoms with E-state index in [0.717, 1.165) is 91.6 Å². The van der Waals surface area contributed by atoms with Crippen LogP contribution in [0.2, 0.25) is 0 Å². The summed E-state index contributed by atoms with van der Waals surface area (Å²) in [5.41, 5.74) is 9.06. The Bertz CT molecular complexity index is 2830. The average Bonchev–Trinajstić information content (AvgIpc) is 3.96. The molecule has 0 spiro atoms. The zero-order chi connectivity index (χ0) is 43.4. The SMILES string of the molecule is Fc1cccc(-c2nc(CN3CCN(c4ccc(Br)cc4)CC3)[nH]c2-c2cc(F)cc(-c3cccc(-c4nc(CN5CCN(Cc6ccccc6)CC5)oc4-c4ccccc4)c3)c2)c1. The molecule has 8 aromatic rings. The molecule has 10 rings (SSSR count). The summed E-state index contributed by atoms with van der Waals surface area (Å²) in [5, 5.41) is 0. The standard InChI is InChI=1S/C53H48BrF2N7O/c54-44-17-19-47(20-18-44)63-27-25-61(26-28-63)35-48-57-50(41-15-8-16-45(55)31-41)51(58-48)43-30-42(32-46(56)33-43)39-13-7-14-40(29-39)52-53(38-11-5-2-6-12-38)64-49(59-52)36-62-23-21-60(22-24-62)34-37-9-3-1-4-10-37/h1-20,29-33H,21-28,34-36H2,(H,57,58). The number of imidazole rings is 1. The van der Waals surface area contributed by atoms with Crippen molar-refractivity contribution >= 4 is 21.6 Å². The van der Waals surface area contributed by atoms with E-state index in [0.29, 0.717) is 52.8 Å². The molecular formula is C53H48BrF2N7O. The minimum atomic E-state index is -0.388. The molecule has 0 unspecified atom stereocenters. The minimum absolute atomic E-state index is 0.360. The summed E-state index contributed by atoms with van der Waals surface area (Å²) in [4.78, 5) is 23.4. The molecule has 64 heavy (non-hydrogen) atoms. The Labute approximate surface area is 381 Å². The number of nitrogens with one attached hydrogen (secondary N) is 1. The summed E-state index contributed by atoms with van der Waals surface area (Å²) in [6, 6.07) is 48.6. The van der Waals surface area contributed by atoms with E-state index in [9.17, 15) is 4.39 Å². The average molecular weight is 917 g/mol. The first-order valence-corrected chi connectivity index (χ1v) is 22.7. The highest BCUT2D eigenvalue weighted by atomic mass is 79.9. The highest BCUT2D eigenvalue weighted by molar-refractivity contribution is 9.10. The van der Waals surface area contributed by atoms with Gasteiger partial charge in [0.15, 0.2) is 5.76 Å². The molecule has 2 aliphatic heterocycles. The van der Waals surface area contributed by atoms with Crippen LogP contribution in [0.3, 0.4) is 0 Å². The normalized spacial score (nSPS) is 15.2. The summed E-state index contributed by atoms with van der Waals surface area (Å²) in [6.45, 7) is 9.39. The number of anilines is 1. The minimum Gasteiger partial charge on any atom is -0.439 e. The number of aromatic nitrogens is 3. The predicted octanol–water partition coefficient (Wildman–Crippen LogP) is 11.4. The van der Waals surface area contributed by atoms with Gasteiger partial charge in [0.1, 0.15) is 23.2 Å². The van der Waals surface area contributed by atoms with Crippen molar-refractivity contribution in [3.05, 3.63) is 185 Å². The Balaban J connectivity index is 0.916. The second-order valence-electron chi connectivity index (χ2n) is 16.7. The molecule has 0 bridgehead atoms. The fourth-order valence-electron chi connectivity index (χ4n) is 8.88. The second-order valence-corrected chi connectivity index (χ2v) is 17.6. The van der Waals surface area contributed by atoms with Gasteiger partial charge in [0.25, 0.3) is 0 Å². The van der Waals surface area contributed by atoms with E-state index in [1.165, 1.54) is 29.4 Å². The van der Waals surface area contributed by atoms with Crippen molar-refractivity contribution in [2.45, 2.75) is 19.6 Å². The topological polar surface area (TPSA) is 67.7 Å². The molecule has 0 amide bonds. The maximum atomic E-state index is 15.9. The lowest BCUT2D eigenvalue weighted by Crippen LogP contribution is -2.46. The lowest BCUT2D eigenvalue weighted by molar-refractivity contribution is 0.114. The third kappa shape index (κ3) is 9.63. The third-order valence-electron chi connectivity index (χ3n) is 12.2. The van der Waals surface area contributed by atoms with Crippen LogP contribution in [0.1, 0.15) is 17.3 Å². The van der Waals surface area contributed by atoms with Crippen molar-refractivity contribution < 1.29 is 13.2 Å². The Morgan fingerprint density at radius 2 is 1.08 bits per heavy atom. The summed E-state index contributed by atoms with van der Waals surface area (Å²) >= 11 is 3.54. The van der Waals surface area contributed by atoms with E-state index in [2.05, 4.69) is 101 Å². The smallest absolute Gasteiger partial charge is 0.209 e. The van der Waals surface area contributed by atoms with Crippen molar-refractivity contribution in [1.82, 2.24) is 29.7 Å². The molecule has 0 saturated carbocycles. The summed E-state index contributed by atoms with van der Waals surface area (Å²) in [6.07, 6.45) is 0. The number of oxazole rings is 1. The lowest BCUT2D eigenvalue weighted by Gasteiger charge is -2.35. The van der Waals surface area contributed by atoms with E-state index in [-0.39, 0.29) is 11.6 Å². The van der Waals surface area contributed by atoms with Gasteiger partial charge in [-0.3, -0.25) is 14.7 Å². The molecule has 11 heteroatoms. The number of piperazine rings is 2. The first kappa shape index (κ1) is 41.8. The number of hydrogen-bond acceptors (Lipinski definition) is 7. The fourth-order valence-corrected chi connectivity index (χ4v) is 9.14. The lowest BCUT2D eigenvalue weighted by atomic mass is 9.97. The van der Waals surface area contributed by atoms with Gasteiger partial charge in [0.2, 0.25) is 5.89 Å². The maximum Gasteiger partial charge on any atom is 0.209 e. The molecule has 2 aromatic heterocycles. The number of benzene rings is 6. The second kappa shape index (κ2) is 18.8. The van der Waals surface area contributed by atoms with Crippen LogP contribution in [0.25, 0.3) is 56.2 Å². The van der Waals surface area contributed by atoms with Gasteiger partial charge in [-0.2, -0.15) is 0 Å². The first-order valence-electron chi connectivity index (χ1n) is 21.9. The number of aromatic amines is 1. The number of H-pyrrole nitrogens is 1. The highest BCUT2D eigenvalue weighted by Gasteiger charge is 2.24. The first-order chi connectivity index (χ1) is 31.4. The predicted molar refractivity (Wildman–Crippen MR) is 254 cm³/mol. The molecule has 2 aliphatic rings. The third-order valence-corrected chi connectivity index (χ3v) is 12.8. The van der Waals surface area contributed by atoms with Crippen LogP contribution in [0.5, 0.6) is 0 Å². The van der Waals surface area contributed by atoms with E-state index in [1.54, 1.807) is 12.1 Å². The van der Waals surface area contributed by atoms with E-state index < -0.39 is 0 Å². The zero-order valence-electron chi connectivity index (χ0n) is 35.4.